The molecule has 0 aliphatic heterocycles. The first kappa shape index (κ1) is 19.5. The van der Waals surface area contributed by atoms with Crippen LogP contribution in [0.1, 0.15) is 0 Å². The minimum atomic E-state index is 0. The Morgan fingerprint density at radius 2 is 2.00 bits per heavy atom. The molecule has 1 aliphatic carbocycles. The molecule has 1 aliphatic rings. The molecule has 0 saturated heterocycles. The molecule has 1 nitrogen and oxygen atoms in total. The Labute approximate surface area is 116 Å². The summed E-state index contributed by atoms with van der Waals surface area (Å²) < 4.78 is 0. The second-order valence-electron chi connectivity index (χ2n) is 2.01. The first-order valence-electron chi connectivity index (χ1n) is 3.34. The number of allylic oxidation sites excluding steroid dienone is 5. The van der Waals surface area contributed by atoms with E-state index in [4.69, 9.17) is 0 Å². The second-order valence-corrected chi connectivity index (χ2v) is 2.01. The smallest absolute Gasteiger partial charge is 1.00 e. The van der Waals surface area contributed by atoms with Crippen molar-refractivity contribution in [2.75, 3.05) is 0 Å². The van der Waals surface area contributed by atoms with E-state index >= 15 is 0 Å². The number of H-pyrrole nitrogens is 1. The van der Waals surface area contributed by atoms with Gasteiger partial charge in [-0.1, -0.05) is 0 Å². The molecule has 14 heavy (non-hydrogen) atoms. The zero-order valence-corrected chi connectivity index (χ0v) is 11.4. The van der Waals surface area contributed by atoms with Crippen molar-refractivity contribution in [2.24, 2.45) is 0 Å². The van der Waals surface area contributed by atoms with Crippen molar-refractivity contribution in [1.29, 1.82) is 0 Å². The molecule has 1 heterocycles. The van der Waals surface area contributed by atoms with Crippen LogP contribution in [0.4, 0.5) is 0 Å². The minimum absolute atomic E-state index is 0. The topological polar surface area (TPSA) is 15.8 Å². The average Bonchev–Trinajstić information content (AvgIpc) is 2.57. The van der Waals surface area contributed by atoms with Crippen LogP contribution in [0.15, 0.2) is 48.7 Å². The molecule has 0 spiro atoms. The van der Waals surface area contributed by atoms with E-state index in [0.717, 1.165) is 5.57 Å². The Morgan fingerprint density at radius 1 is 1.29 bits per heavy atom. The Kier molecular flexibility index (Phi) is 18.1. The van der Waals surface area contributed by atoms with E-state index in [1.165, 1.54) is 0 Å². The molecule has 2 rings (SSSR count). The third kappa shape index (κ3) is 10.0. The van der Waals surface area contributed by atoms with Gasteiger partial charge in [0.2, 0.25) is 0 Å². The van der Waals surface area contributed by atoms with E-state index in [9.17, 15) is 0 Å². The Morgan fingerprint density at radius 3 is 2.14 bits per heavy atom. The fraction of sp³-hybridized carbons (Fsp3) is 0. The van der Waals surface area contributed by atoms with E-state index in [1.807, 2.05) is 36.6 Å². The molecule has 4 heteroatoms. The van der Waals surface area contributed by atoms with Gasteiger partial charge >= 0.3 is 26.2 Å². The molecular formula is C10H9Cl2NZr. The third-order valence-corrected chi connectivity index (χ3v) is 1.10. The fourth-order valence-electron chi connectivity index (χ4n) is 0.608. The molecule has 0 aromatic carbocycles. The van der Waals surface area contributed by atoms with Crippen molar-refractivity contribution in [1.82, 2.24) is 4.98 Å². The predicted octanol–water partition coefficient (Wildman–Crippen LogP) is -3.71. The summed E-state index contributed by atoms with van der Waals surface area (Å²) in [6.45, 7) is 3.62. The molecule has 1 N–H and O–H groups in total. The Hall–Kier alpha value is -0.0369. The SMILES string of the molecule is C=C1[C-]=CC=C1.[Cl-].[Cl-].[Zr+4].[c-]1ccc[nH]1. The molecule has 0 amide bonds. The number of rotatable bonds is 0. The maximum absolute atomic E-state index is 3.62. The molecule has 0 radical (unpaired) electrons. The molecule has 0 unspecified atom stereocenters. The van der Waals surface area contributed by atoms with Gasteiger partial charge in [0, 0.05) is 0 Å². The van der Waals surface area contributed by atoms with E-state index in [0.29, 0.717) is 0 Å². The minimum Gasteiger partial charge on any atom is -1.00 e. The summed E-state index contributed by atoms with van der Waals surface area (Å²) in [5, 5.41) is 0. The van der Waals surface area contributed by atoms with Gasteiger partial charge in [0.05, 0.1) is 0 Å². The van der Waals surface area contributed by atoms with Crippen molar-refractivity contribution in [2.45, 2.75) is 0 Å². The summed E-state index contributed by atoms with van der Waals surface area (Å²) >= 11 is 0. The molecule has 0 bridgehead atoms. The summed E-state index contributed by atoms with van der Waals surface area (Å²) in [5.74, 6) is 0. The van der Waals surface area contributed by atoms with Crippen LogP contribution in [0.5, 0.6) is 0 Å². The molecule has 1 aromatic rings. The molecule has 0 saturated carbocycles. The Balaban J connectivity index is -0.000000144. The maximum Gasteiger partial charge on any atom is 4.00 e. The van der Waals surface area contributed by atoms with Crippen molar-refractivity contribution in [3.63, 3.8) is 0 Å². The second kappa shape index (κ2) is 13.0. The van der Waals surface area contributed by atoms with Gasteiger partial charge in [0.1, 0.15) is 0 Å². The number of hydrogen-bond donors (Lipinski definition) is 1. The van der Waals surface area contributed by atoms with Crippen LogP contribution in [-0.4, -0.2) is 4.98 Å². The van der Waals surface area contributed by atoms with E-state index < -0.39 is 0 Å². The van der Waals surface area contributed by atoms with Crippen LogP contribution < -0.4 is 24.8 Å². The zero-order chi connectivity index (χ0) is 7.94. The van der Waals surface area contributed by atoms with Crippen molar-refractivity contribution in [3.8, 4) is 0 Å². The van der Waals surface area contributed by atoms with Crippen molar-refractivity contribution in [3.05, 3.63) is 61.0 Å². The molecule has 72 valence electrons. The number of halogens is 2. The Bertz CT molecular complexity index is 234. The van der Waals surface area contributed by atoms with E-state index in [1.54, 1.807) is 0 Å². The molecule has 0 fully saturated rings. The summed E-state index contributed by atoms with van der Waals surface area (Å²) in [6, 6.07) is 3.71. The summed E-state index contributed by atoms with van der Waals surface area (Å²) in [4.78, 5) is 2.74. The van der Waals surface area contributed by atoms with Crippen LogP contribution in [0.2, 0.25) is 0 Å². The van der Waals surface area contributed by atoms with Gasteiger partial charge in [-0.05, 0) is 0 Å². The summed E-state index contributed by atoms with van der Waals surface area (Å²) in [5.41, 5.74) is 0.968. The van der Waals surface area contributed by atoms with Crippen molar-refractivity contribution >= 4 is 0 Å². The van der Waals surface area contributed by atoms with Crippen LogP contribution in [0, 0.1) is 12.3 Å². The normalized spacial score (nSPS) is 10.1. The number of nitrogens with one attached hydrogen (secondary N) is 1. The van der Waals surface area contributed by atoms with E-state index in [-0.39, 0.29) is 51.0 Å². The van der Waals surface area contributed by atoms with Gasteiger partial charge in [-0.3, -0.25) is 0 Å². The molecule has 1 aromatic heterocycles. The first-order valence-corrected chi connectivity index (χ1v) is 3.34. The molecular weight excluding hydrogens is 296 g/mol. The van der Waals surface area contributed by atoms with Crippen LogP contribution in [0.3, 0.4) is 0 Å². The molecule has 0 atom stereocenters. The predicted molar refractivity (Wildman–Crippen MR) is 45.7 cm³/mol. The van der Waals surface area contributed by atoms with Gasteiger partial charge < -0.3 is 29.8 Å². The summed E-state index contributed by atoms with van der Waals surface area (Å²) in [6.07, 6.45) is 13.1. The maximum atomic E-state index is 3.62. The quantitative estimate of drug-likeness (QED) is 0.475. The number of aromatic amines is 1. The largest absolute Gasteiger partial charge is 4.00 e. The van der Waals surface area contributed by atoms with Gasteiger partial charge in [0.25, 0.3) is 0 Å². The van der Waals surface area contributed by atoms with Gasteiger partial charge in [-0.15, -0.1) is 12.3 Å². The number of aromatic nitrogens is 1. The average molecular weight is 305 g/mol. The first-order chi connectivity index (χ1) is 5.39. The van der Waals surface area contributed by atoms with Crippen LogP contribution >= 0.6 is 0 Å². The van der Waals surface area contributed by atoms with Crippen LogP contribution in [-0.2, 0) is 26.2 Å². The van der Waals surface area contributed by atoms with Gasteiger partial charge in [-0.2, -0.15) is 48.7 Å². The van der Waals surface area contributed by atoms with Crippen LogP contribution in [0.25, 0.3) is 0 Å². The summed E-state index contributed by atoms with van der Waals surface area (Å²) in [7, 11) is 0. The monoisotopic (exact) mass is 303 g/mol. The zero-order valence-electron chi connectivity index (χ0n) is 7.43. The standard InChI is InChI=1S/C6H5.C4H4N.2ClH.Zr/c1-6-4-2-3-5-6;1-2-4-5-3-1;;;/h2-4H,1H2;1-3,5H;2*1H;/q2*-1;;;+4/p-2. The van der Waals surface area contributed by atoms with E-state index in [2.05, 4.69) is 23.8 Å². The number of hydrogen-bond acceptors (Lipinski definition) is 0. The van der Waals surface area contributed by atoms with Crippen molar-refractivity contribution < 1.29 is 51.0 Å². The third-order valence-electron chi connectivity index (χ3n) is 1.10. The fourth-order valence-corrected chi connectivity index (χ4v) is 0.608. The van der Waals surface area contributed by atoms with Gasteiger partial charge in [-0.25, -0.2) is 0 Å². The van der Waals surface area contributed by atoms with Gasteiger partial charge in [0.15, 0.2) is 0 Å².